The molecule has 4 aromatic rings. The molecule has 1 fully saturated rings. The number of para-hydroxylation sites is 1. The Morgan fingerprint density at radius 3 is 2.36 bits per heavy atom. The summed E-state index contributed by atoms with van der Waals surface area (Å²) < 4.78 is 5.86. The van der Waals surface area contributed by atoms with Crippen LogP contribution >= 0.6 is 0 Å². The van der Waals surface area contributed by atoms with E-state index in [9.17, 15) is 0 Å². The summed E-state index contributed by atoms with van der Waals surface area (Å²) in [6.07, 6.45) is 5.51. The molecule has 1 saturated carbocycles. The van der Waals surface area contributed by atoms with Gasteiger partial charge in [-0.05, 0) is 72.9 Å². The van der Waals surface area contributed by atoms with Crippen LogP contribution in [0.5, 0.6) is 11.5 Å². The Morgan fingerprint density at radius 1 is 0.821 bits per heavy atom. The average Bonchev–Trinajstić information content (AvgIpc) is 2.69. The predicted octanol–water partition coefficient (Wildman–Crippen LogP) is 6.43. The Hall–Kier alpha value is -3.40. The Labute approximate surface area is 164 Å². The molecule has 28 heavy (non-hydrogen) atoms. The summed E-state index contributed by atoms with van der Waals surface area (Å²) in [5.74, 6) is 3.15. The fourth-order valence-corrected chi connectivity index (χ4v) is 3.54. The third-order valence-corrected chi connectivity index (χ3v) is 5.33. The first kappa shape index (κ1) is 16.8. The Balaban J connectivity index is 1.38. The van der Waals surface area contributed by atoms with E-state index in [1.54, 1.807) is 6.33 Å². The Kier molecular flexibility index (Phi) is 4.37. The number of hydrogen-bond acceptors (Lipinski definition) is 4. The van der Waals surface area contributed by atoms with E-state index < -0.39 is 0 Å². The van der Waals surface area contributed by atoms with E-state index in [2.05, 4.69) is 33.5 Å². The summed E-state index contributed by atoms with van der Waals surface area (Å²) >= 11 is 0. The second-order valence-electron chi connectivity index (χ2n) is 7.19. The first-order chi connectivity index (χ1) is 13.8. The fraction of sp³-hybridized carbons (Fsp3) is 0.167. The highest BCUT2D eigenvalue weighted by Crippen LogP contribution is 2.38. The molecule has 3 aromatic carbocycles. The molecule has 138 valence electrons. The third kappa shape index (κ3) is 3.41. The van der Waals surface area contributed by atoms with Gasteiger partial charge in [-0.15, -0.1) is 0 Å². The van der Waals surface area contributed by atoms with E-state index >= 15 is 0 Å². The van der Waals surface area contributed by atoms with Gasteiger partial charge in [0.15, 0.2) is 0 Å². The van der Waals surface area contributed by atoms with Gasteiger partial charge in [0.25, 0.3) is 0 Å². The van der Waals surface area contributed by atoms with Gasteiger partial charge in [0.1, 0.15) is 23.6 Å². The number of fused-ring (bicyclic) bond motifs is 1. The Morgan fingerprint density at radius 2 is 1.61 bits per heavy atom. The van der Waals surface area contributed by atoms with E-state index in [4.69, 9.17) is 4.74 Å². The molecule has 0 atom stereocenters. The normalized spacial score (nSPS) is 13.9. The van der Waals surface area contributed by atoms with Crippen molar-refractivity contribution in [2.75, 3.05) is 5.32 Å². The molecule has 4 heteroatoms. The van der Waals surface area contributed by atoms with Gasteiger partial charge < -0.3 is 10.1 Å². The van der Waals surface area contributed by atoms with Gasteiger partial charge in [-0.1, -0.05) is 30.7 Å². The van der Waals surface area contributed by atoms with E-state index in [0.717, 1.165) is 33.9 Å². The third-order valence-electron chi connectivity index (χ3n) is 5.33. The van der Waals surface area contributed by atoms with Crippen molar-refractivity contribution >= 4 is 22.4 Å². The van der Waals surface area contributed by atoms with Crippen molar-refractivity contribution in [2.24, 2.45) is 0 Å². The number of ether oxygens (including phenoxy) is 1. The molecule has 0 unspecified atom stereocenters. The number of anilines is 2. The van der Waals surface area contributed by atoms with Crippen LogP contribution in [0.15, 0.2) is 79.1 Å². The van der Waals surface area contributed by atoms with Crippen molar-refractivity contribution in [3.63, 3.8) is 0 Å². The molecule has 1 aromatic heterocycles. The van der Waals surface area contributed by atoms with E-state index in [1.807, 2.05) is 54.6 Å². The molecule has 0 spiro atoms. The highest BCUT2D eigenvalue weighted by atomic mass is 16.5. The average molecular weight is 367 g/mol. The van der Waals surface area contributed by atoms with Crippen LogP contribution < -0.4 is 10.1 Å². The number of rotatable bonds is 5. The molecule has 1 N–H and O–H groups in total. The lowest BCUT2D eigenvalue weighted by Gasteiger charge is -2.26. The lowest BCUT2D eigenvalue weighted by Crippen LogP contribution is -2.08. The lowest BCUT2D eigenvalue weighted by molar-refractivity contribution is 0.420. The minimum Gasteiger partial charge on any atom is -0.457 e. The molecule has 1 heterocycles. The van der Waals surface area contributed by atoms with Gasteiger partial charge in [-0.3, -0.25) is 0 Å². The van der Waals surface area contributed by atoms with Crippen LogP contribution in [0.4, 0.5) is 11.5 Å². The zero-order valence-corrected chi connectivity index (χ0v) is 15.5. The molecule has 1 aliphatic carbocycles. The van der Waals surface area contributed by atoms with Crippen molar-refractivity contribution < 1.29 is 4.74 Å². The van der Waals surface area contributed by atoms with Gasteiger partial charge in [-0.25, -0.2) is 9.97 Å². The van der Waals surface area contributed by atoms with Crippen molar-refractivity contribution in [2.45, 2.75) is 25.2 Å². The number of benzene rings is 3. The topological polar surface area (TPSA) is 47.0 Å². The van der Waals surface area contributed by atoms with Crippen LogP contribution in [-0.2, 0) is 0 Å². The highest BCUT2D eigenvalue weighted by Gasteiger charge is 2.20. The minimum absolute atomic E-state index is 0.687. The standard InChI is InChI=1S/C24H21N3O/c1-2-7-20(8-3-1)28-21-12-10-19(11-13-21)27-24-22-15-18(17-5-4-6-17)9-14-23(22)25-16-26-24/h1-3,7-17H,4-6H2,(H,25,26,27). The van der Waals surface area contributed by atoms with Crippen LogP contribution in [0.25, 0.3) is 10.9 Å². The summed E-state index contributed by atoms with van der Waals surface area (Å²) in [5.41, 5.74) is 3.32. The largest absolute Gasteiger partial charge is 0.457 e. The van der Waals surface area contributed by atoms with E-state index in [0.29, 0.717) is 5.92 Å². The van der Waals surface area contributed by atoms with Crippen molar-refractivity contribution in [1.82, 2.24) is 9.97 Å². The van der Waals surface area contributed by atoms with E-state index in [1.165, 1.54) is 24.8 Å². The minimum atomic E-state index is 0.687. The molecule has 0 amide bonds. The first-order valence-electron chi connectivity index (χ1n) is 9.70. The highest BCUT2D eigenvalue weighted by molar-refractivity contribution is 5.91. The SMILES string of the molecule is c1ccc(Oc2ccc(Nc3ncnc4ccc(C5CCC5)cc34)cc2)cc1. The molecular formula is C24H21N3O. The van der Waals surface area contributed by atoms with Crippen LogP contribution in [-0.4, -0.2) is 9.97 Å². The molecule has 0 saturated heterocycles. The van der Waals surface area contributed by atoms with Crippen LogP contribution in [0.2, 0.25) is 0 Å². The fourth-order valence-electron chi connectivity index (χ4n) is 3.54. The summed E-state index contributed by atoms with van der Waals surface area (Å²) in [6, 6.07) is 24.3. The lowest BCUT2D eigenvalue weighted by atomic mass is 9.80. The Bertz CT molecular complexity index is 1090. The summed E-state index contributed by atoms with van der Waals surface area (Å²) in [6.45, 7) is 0. The number of nitrogens with zero attached hydrogens (tertiary/aromatic N) is 2. The van der Waals surface area contributed by atoms with Crippen LogP contribution in [0.3, 0.4) is 0 Å². The number of aromatic nitrogens is 2. The molecule has 1 aliphatic rings. The van der Waals surface area contributed by atoms with E-state index in [-0.39, 0.29) is 0 Å². The van der Waals surface area contributed by atoms with Crippen molar-refractivity contribution in [3.8, 4) is 11.5 Å². The molecule has 0 aliphatic heterocycles. The van der Waals surface area contributed by atoms with Crippen LogP contribution in [0, 0.1) is 0 Å². The maximum atomic E-state index is 5.86. The molecular weight excluding hydrogens is 346 g/mol. The predicted molar refractivity (Wildman–Crippen MR) is 112 cm³/mol. The number of nitrogens with one attached hydrogen (secondary N) is 1. The van der Waals surface area contributed by atoms with Crippen LogP contribution in [0.1, 0.15) is 30.7 Å². The number of hydrogen-bond donors (Lipinski definition) is 1. The van der Waals surface area contributed by atoms with Gasteiger partial charge in [0.2, 0.25) is 0 Å². The molecule has 0 bridgehead atoms. The monoisotopic (exact) mass is 367 g/mol. The smallest absolute Gasteiger partial charge is 0.141 e. The quantitative estimate of drug-likeness (QED) is 0.441. The van der Waals surface area contributed by atoms with Gasteiger partial charge in [0, 0.05) is 11.1 Å². The molecule has 4 nitrogen and oxygen atoms in total. The van der Waals surface area contributed by atoms with Gasteiger partial charge >= 0.3 is 0 Å². The van der Waals surface area contributed by atoms with Crippen molar-refractivity contribution in [3.05, 3.63) is 84.7 Å². The maximum absolute atomic E-state index is 5.86. The maximum Gasteiger partial charge on any atom is 0.141 e. The van der Waals surface area contributed by atoms with Gasteiger partial charge in [-0.2, -0.15) is 0 Å². The first-order valence-corrected chi connectivity index (χ1v) is 9.70. The summed E-state index contributed by atoms with van der Waals surface area (Å²) in [5, 5.41) is 4.50. The second-order valence-corrected chi connectivity index (χ2v) is 7.19. The zero-order valence-electron chi connectivity index (χ0n) is 15.5. The second kappa shape index (κ2) is 7.31. The molecule has 0 radical (unpaired) electrons. The zero-order chi connectivity index (χ0) is 18.8. The molecule has 5 rings (SSSR count). The summed E-state index contributed by atoms with van der Waals surface area (Å²) in [4.78, 5) is 8.90. The summed E-state index contributed by atoms with van der Waals surface area (Å²) in [7, 11) is 0. The van der Waals surface area contributed by atoms with Crippen molar-refractivity contribution in [1.29, 1.82) is 0 Å². The van der Waals surface area contributed by atoms with Gasteiger partial charge in [0.05, 0.1) is 5.52 Å².